The summed E-state index contributed by atoms with van der Waals surface area (Å²) in [5.74, 6) is 0.645. The normalized spacial score (nSPS) is 26.1. The van der Waals surface area contributed by atoms with E-state index in [1.165, 1.54) is 0 Å². The van der Waals surface area contributed by atoms with Crippen LogP contribution in [0.15, 0.2) is 36.4 Å². The van der Waals surface area contributed by atoms with Crippen LogP contribution in [0.3, 0.4) is 0 Å². The Morgan fingerprint density at radius 2 is 2.02 bits per heavy atom. The van der Waals surface area contributed by atoms with Crippen molar-refractivity contribution in [2.24, 2.45) is 0 Å². The maximum Gasteiger partial charge on any atom is 0.319 e. The van der Waals surface area contributed by atoms with E-state index in [1.54, 1.807) is 18.2 Å². The Morgan fingerprint density at radius 1 is 1.13 bits per heavy atom. The number of benzene rings is 3. The minimum Gasteiger partial charge on any atom is -0.508 e. The Morgan fingerprint density at radius 3 is 2.87 bits per heavy atom. The van der Waals surface area contributed by atoms with Gasteiger partial charge in [-0.2, -0.15) is 9.97 Å². The van der Waals surface area contributed by atoms with Gasteiger partial charge in [0.15, 0.2) is 5.82 Å². The first-order valence-electron chi connectivity index (χ1n) is 16.3. The monoisotopic (exact) mass is 615 g/mol. The van der Waals surface area contributed by atoms with Crippen LogP contribution in [0.1, 0.15) is 45.1 Å². The highest BCUT2D eigenvalue weighted by atomic mass is 19.1. The van der Waals surface area contributed by atoms with Crippen molar-refractivity contribution in [3.05, 3.63) is 47.8 Å². The summed E-state index contributed by atoms with van der Waals surface area (Å²) in [6.07, 6.45) is 3.08. The third kappa shape index (κ3) is 4.67. The van der Waals surface area contributed by atoms with Gasteiger partial charge in [-0.25, -0.2) is 8.78 Å². The number of rotatable bonds is 6. The number of hydrogen-bond acceptors (Lipinski definition) is 8. The molecule has 3 aromatic carbocycles. The molecule has 0 saturated carbocycles. The highest BCUT2D eigenvalue weighted by Crippen LogP contribution is 2.46. The molecule has 10 heteroatoms. The van der Waals surface area contributed by atoms with Crippen LogP contribution >= 0.6 is 0 Å². The number of aromatic nitrogens is 2. The molecule has 8 nitrogen and oxygen atoms in total. The number of aromatic hydroxyl groups is 1. The van der Waals surface area contributed by atoms with Crippen molar-refractivity contribution in [3.63, 3.8) is 0 Å². The number of phenolic OH excluding ortho intramolecular Hbond substituents is 1. The molecule has 1 aromatic heterocycles. The molecule has 5 heterocycles. The van der Waals surface area contributed by atoms with E-state index in [0.29, 0.717) is 60.7 Å². The lowest BCUT2D eigenvalue weighted by atomic mass is 9.92. The number of nitrogens with zero attached hydrogens (tertiary/aromatic N) is 4. The summed E-state index contributed by atoms with van der Waals surface area (Å²) in [5, 5.41) is 16.6. The Labute approximate surface area is 261 Å². The molecule has 0 aliphatic carbocycles. The summed E-state index contributed by atoms with van der Waals surface area (Å²) in [7, 11) is 0. The molecule has 0 bridgehead atoms. The van der Waals surface area contributed by atoms with Gasteiger partial charge in [0, 0.05) is 37.7 Å². The van der Waals surface area contributed by atoms with Crippen LogP contribution in [0.4, 0.5) is 14.6 Å². The predicted octanol–water partition coefficient (Wildman–Crippen LogP) is 5.76. The molecule has 4 aromatic rings. The molecular weight excluding hydrogens is 576 g/mol. The van der Waals surface area contributed by atoms with E-state index in [-0.39, 0.29) is 41.5 Å². The van der Waals surface area contributed by atoms with E-state index in [9.17, 15) is 9.50 Å². The molecule has 0 spiro atoms. The molecule has 3 fully saturated rings. The van der Waals surface area contributed by atoms with Gasteiger partial charge in [0.05, 0.1) is 17.0 Å². The fourth-order valence-corrected chi connectivity index (χ4v) is 8.17. The molecule has 2 N–H and O–H groups in total. The lowest BCUT2D eigenvalue weighted by Crippen LogP contribution is -2.58. The highest BCUT2D eigenvalue weighted by molar-refractivity contribution is 6.05. The van der Waals surface area contributed by atoms with E-state index in [4.69, 9.17) is 19.4 Å². The third-order valence-corrected chi connectivity index (χ3v) is 10.5. The zero-order valence-electron chi connectivity index (χ0n) is 25.8. The second-order valence-electron chi connectivity index (χ2n) is 13.1. The largest absolute Gasteiger partial charge is 0.508 e. The molecular formula is C35H39F2N5O3. The summed E-state index contributed by atoms with van der Waals surface area (Å²) in [4.78, 5) is 14.1. The lowest BCUT2D eigenvalue weighted by molar-refractivity contribution is 0.107. The van der Waals surface area contributed by atoms with E-state index < -0.39 is 12.0 Å². The number of aryl methyl sites for hydroxylation is 1. The smallest absolute Gasteiger partial charge is 0.319 e. The lowest BCUT2D eigenvalue weighted by Gasteiger charge is -2.39. The Bertz CT molecular complexity index is 1800. The summed E-state index contributed by atoms with van der Waals surface area (Å²) in [6.45, 7) is 7.53. The predicted molar refractivity (Wildman–Crippen MR) is 171 cm³/mol. The molecule has 3 saturated heterocycles. The van der Waals surface area contributed by atoms with Gasteiger partial charge < -0.3 is 24.8 Å². The standard InChI is InChI=1S/C35H39F2N5O3/c1-3-20-7-5-8-21-11-25(43)12-26(29(20)21)27-13-28-30-32(31(27)37)39-34(45-19-35-9-6-10-41(35)16-22(36)14-35)40-33(30)42-17-23(4-2)38-15-24(42)18-44-28/h5,7-8,11-13,22-24,38,43H,3-4,6,9-10,14-19H2,1-2H3/t22-,23-,24-,35-/m1/s1. The molecule has 4 atom stereocenters. The van der Waals surface area contributed by atoms with Gasteiger partial charge in [0.25, 0.3) is 0 Å². The van der Waals surface area contributed by atoms with Crippen molar-refractivity contribution in [1.29, 1.82) is 0 Å². The van der Waals surface area contributed by atoms with E-state index >= 15 is 4.39 Å². The number of alkyl halides is 1. The number of piperazine rings is 1. The van der Waals surface area contributed by atoms with Crippen LogP contribution in [-0.4, -0.2) is 83.2 Å². The summed E-state index contributed by atoms with van der Waals surface area (Å²) in [5.41, 5.74) is 1.67. The zero-order valence-corrected chi connectivity index (χ0v) is 25.8. The average molecular weight is 616 g/mol. The van der Waals surface area contributed by atoms with Crippen LogP contribution in [0.2, 0.25) is 0 Å². The number of anilines is 1. The third-order valence-electron chi connectivity index (χ3n) is 10.5. The number of phenols is 1. The van der Waals surface area contributed by atoms with Crippen LogP contribution in [-0.2, 0) is 6.42 Å². The van der Waals surface area contributed by atoms with Crippen molar-refractivity contribution >= 4 is 27.5 Å². The Balaban J connectivity index is 1.32. The van der Waals surface area contributed by atoms with Gasteiger partial charge in [0.2, 0.25) is 0 Å². The van der Waals surface area contributed by atoms with Crippen molar-refractivity contribution in [2.75, 3.05) is 44.3 Å². The first-order valence-corrected chi connectivity index (χ1v) is 16.3. The van der Waals surface area contributed by atoms with Gasteiger partial charge in [-0.15, -0.1) is 0 Å². The summed E-state index contributed by atoms with van der Waals surface area (Å²) < 4.78 is 44.4. The van der Waals surface area contributed by atoms with Crippen LogP contribution in [0.25, 0.3) is 32.8 Å². The number of ether oxygens (including phenoxy) is 2. The van der Waals surface area contributed by atoms with Crippen molar-refractivity contribution in [1.82, 2.24) is 20.2 Å². The quantitative estimate of drug-likeness (QED) is 0.283. The zero-order chi connectivity index (χ0) is 30.9. The highest BCUT2D eigenvalue weighted by Gasteiger charge is 2.49. The maximum absolute atomic E-state index is 17.1. The molecule has 4 aliphatic heterocycles. The number of halogens is 2. The SMILES string of the molecule is CCc1cccc2cc(O)cc(-c3cc4c5c(nc(OC[C@]67CCCN6C[C@H](F)C7)nc5c3F)N3C[C@@H](CC)NC[C@@H]3CO4)c12. The first kappa shape index (κ1) is 28.7. The average Bonchev–Trinajstić information content (AvgIpc) is 3.52. The second-order valence-corrected chi connectivity index (χ2v) is 13.1. The summed E-state index contributed by atoms with van der Waals surface area (Å²) >= 11 is 0. The molecule has 0 unspecified atom stereocenters. The van der Waals surface area contributed by atoms with Crippen LogP contribution in [0.5, 0.6) is 17.5 Å². The number of hydrogen-bond donors (Lipinski definition) is 2. The van der Waals surface area contributed by atoms with Gasteiger partial charge in [0.1, 0.15) is 42.2 Å². The molecule has 0 radical (unpaired) electrons. The van der Waals surface area contributed by atoms with Gasteiger partial charge in [-0.3, -0.25) is 4.90 Å². The van der Waals surface area contributed by atoms with Gasteiger partial charge in [-0.05, 0) is 72.3 Å². The first-order chi connectivity index (χ1) is 21.9. The topological polar surface area (TPSA) is 83.0 Å². The molecule has 8 rings (SSSR count). The van der Waals surface area contributed by atoms with Crippen LogP contribution < -0.4 is 19.7 Å². The summed E-state index contributed by atoms with van der Waals surface area (Å²) in [6, 6.07) is 11.3. The molecule has 236 valence electrons. The minimum absolute atomic E-state index is 0.0167. The number of nitrogens with one attached hydrogen (secondary N) is 1. The second kappa shape index (κ2) is 10.9. The van der Waals surface area contributed by atoms with Gasteiger partial charge in [-0.1, -0.05) is 32.0 Å². The van der Waals surface area contributed by atoms with Crippen molar-refractivity contribution < 1.29 is 23.4 Å². The van der Waals surface area contributed by atoms with E-state index in [1.807, 2.05) is 18.2 Å². The van der Waals surface area contributed by atoms with Crippen molar-refractivity contribution in [2.45, 2.75) is 69.7 Å². The fraction of sp³-hybridized carbons (Fsp3) is 0.486. The Kier molecular flexibility index (Phi) is 6.98. The van der Waals surface area contributed by atoms with Crippen LogP contribution in [0, 0.1) is 5.82 Å². The minimum atomic E-state index is -0.881. The fourth-order valence-electron chi connectivity index (χ4n) is 8.17. The molecule has 4 aliphatic rings. The molecule has 0 amide bonds. The van der Waals surface area contributed by atoms with Gasteiger partial charge >= 0.3 is 6.01 Å². The van der Waals surface area contributed by atoms with Crippen molar-refractivity contribution in [3.8, 4) is 28.6 Å². The molecule has 45 heavy (non-hydrogen) atoms. The van der Waals surface area contributed by atoms with E-state index in [2.05, 4.69) is 29.0 Å². The van der Waals surface area contributed by atoms with E-state index in [0.717, 1.165) is 48.6 Å². The number of fused-ring (bicyclic) bond motifs is 4. The Hall–Kier alpha value is -3.76. The maximum atomic E-state index is 17.1.